The Labute approximate surface area is 171 Å². The van der Waals surface area contributed by atoms with Crippen LogP contribution in [-0.4, -0.2) is 59.4 Å². The van der Waals surface area contributed by atoms with Gasteiger partial charge in [-0.05, 0) is 29.2 Å². The molecule has 1 aliphatic carbocycles. The van der Waals surface area contributed by atoms with Crippen LogP contribution >= 0.6 is 0 Å². The third kappa shape index (κ3) is 3.49. The number of hydrogen-bond donors (Lipinski definition) is 0. The maximum Gasteiger partial charge on any atom is 0.234 e. The molecular weight excluding hydrogens is 362 g/mol. The lowest BCUT2D eigenvalue weighted by Crippen LogP contribution is -2.51. The predicted octanol–water partition coefficient (Wildman–Crippen LogP) is 2.87. The molecule has 2 aliphatic heterocycles. The first-order valence-corrected chi connectivity index (χ1v) is 10.6. The van der Waals surface area contributed by atoms with Gasteiger partial charge in [0.2, 0.25) is 11.8 Å². The highest BCUT2D eigenvalue weighted by Gasteiger charge is 2.47. The number of rotatable bonds is 4. The standard InChI is InChI=1S/C24H27N3O2/c28-23-21-10-3-4-11-22(21)24(29)27(23)17-26-14-12-25(13-15-26)16-19-8-5-7-18-6-1-2-9-20(18)19/h1-9,21-22H,10-17H2. The number of nitrogens with zero attached hydrogens (tertiary/aromatic N) is 3. The number of likely N-dealkylation sites (tertiary alicyclic amines) is 1. The first-order chi connectivity index (χ1) is 14.2. The average Bonchev–Trinajstić information content (AvgIpc) is 3.00. The van der Waals surface area contributed by atoms with E-state index in [2.05, 4.69) is 52.3 Å². The fourth-order valence-electron chi connectivity index (χ4n) is 4.97. The SMILES string of the molecule is O=C1C2CC=CCC2C(=O)N1CN1CCN(Cc2cccc3ccccc23)CC1. The zero-order valence-corrected chi connectivity index (χ0v) is 16.7. The van der Waals surface area contributed by atoms with Gasteiger partial charge in [-0.3, -0.25) is 24.3 Å². The van der Waals surface area contributed by atoms with Crippen LogP contribution in [0.2, 0.25) is 0 Å². The van der Waals surface area contributed by atoms with Gasteiger partial charge < -0.3 is 0 Å². The molecule has 0 spiro atoms. The van der Waals surface area contributed by atoms with Crippen molar-refractivity contribution in [3.05, 3.63) is 60.2 Å². The molecule has 2 heterocycles. The molecule has 5 rings (SSSR count). The average molecular weight is 389 g/mol. The molecule has 3 aliphatic rings. The van der Waals surface area contributed by atoms with Crippen molar-refractivity contribution in [2.24, 2.45) is 11.8 Å². The van der Waals surface area contributed by atoms with Gasteiger partial charge in [0.1, 0.15) is 0 Å². The van der Waals surface area contributed by atoms with E-state index in [9.17, 15) is 9.59 Å². The van der Waals surface area contributed by atoms with Crippen molar-refractivity contribution in [2.75, 3.05) is 32.8 Å². The second-order valence-electron chi connectivity index (χ2n) is 8.43. The molecule has 2 unspecified atom stereocenters. The molecule has 2 atom stereocenters. The Bertz CT molecular complexity index is 930. The van der Waals surface area contributed by atoms with Crippen LogP contribution in [-0.2, 0) is 16.1 Å². The van der Waals surface area contributed by atoms with Crippen molar-refractivity contribution in [3.8, 4) is 0 Å². The van der Waals surface area contributed by atoms with Crippen LogP contribution in [0, 0.1) is 11.8 Å². The topological polar surface area (TPSA) is 43.9 Å². The number of piperazine rings is 1. The number of carbonyl (C=O) groups excluding carboxylic acids is 2. The molecule has 2 aromatic rings. The van der Waals surface area contributed by atoms with Gasteiger partial charge in [-0.1, -0.05) is 54.6 Å². The molecule has 2 saturated heterocycles. The predicted molar refractivity (Wildman–Crippen MR) is 113 cm³/mol. The number of fused-ring (bicyclic) bond motifs is 2. The maximum absolute atomic E-state index is 12.7. The number of carbonyl (C=O) groups is 2. The minimum absolute atomic E-state index is 0.0301. The van der Waals surface area contributed by atoms with E-state index in [4.69, 9.17) is 0 Å². The Hall–Kier alpha value is -2.50. The van der Waals surface area contributed by atoms with Crippen LogP contribution in [0.25, 0.3) is 10.8 Å². The second-order valence-corrected chi connectivity index (χ2v) is 8.43. The number of allylic oxidation sites excluding steroid dienone is 2. The molecule has 150 valence electrons. The monoisotopic (exact) mass is 389 g/mol. The fraction of sp³-hybridized carbons (Fsp3) is 0.417. The largest absolute Gasteiger partial charge is 0.297 e. The van der Waals surface area contributed by atoms with E-state index in [0.717, 1.165) is 32.7 Å². The van der Waals surface area contributed by atoms with Gasteiger partial charge in [0.15, 0.2) is 0 Å². The molecule has 5 heteroatoms. The van der Waals surface area contributed by atoms with E-state index < -0.39 is 0 Å². The van der Waals surface area contributed by atoms with Crippen LogP contribution < -0.4 is 0 Å². The normalized spacial score (nSPS) is 25.7. The maximum atomic E-state index is 12.7. The Kier molecular flexibility index (Phi) is 4.94. The quantitative estimate of drug-likeness (QED) is 0.596. The summed E-state index contributed by atoms with van der Waals surface area (Å²) in [5, 5.41) is 2.60. The van der Waals surface area contributed by atoms with Crippen LogP contribution in [0.1, 0.15) is 18.4 Å². The van der Waals surface area contributed by atoms with E-state index in [1.165, 1.54) is 21.2 Å². The molecule has 0 saturated carbocycles. The number of hydrogen-bond acceptors (Lipinski definition) is 4. The highest BCUT2D eigenvalue weighted by atomic mass is 16.2. The van der Waals surface area contributed by atoms with E-state index in [0.29, 0.717) is 19.5 Å². The summed E-state index contributed by atoms with van der Waals surface area (Å²) in [6.07, 6.45) is 5.51. The van der Waals surface area contributed by atoms with Gasteiger partial charge in [0.25, 0.3) is 0 Å². The van der Waals surface area contributed by atoms with Crippen LogP contribution in [0.15, 0.2) is 54.6 Å². The molecule has 0 N–H and O–H groups in total. The zero-order valence-electron chi connectivity index (χ0n) is 16.7. The number of benzene rings is 2. The Balaban J connectivity index is 1.19. The minimum atomic E-state index is -0.125. The van der Waals surface area contributed by atoms with Crippen LogP contribution in [0.4, 0.5) is 0 Å². The summed E-state index contributed by atoms with van der Waals surface area (Å²) >= 11 is 0. The van der Waals surface area contributed by atoms with E-state index in [1.807, 2.05) is 12.2 Å². The minimum Gasteiger partial charge on any atom is -0.297 e. The molecule has 0 bridgehead atoms. The van der Waals surface area contributed by atoms with Gasteiger partial charge in [-0.25, -0.2) is 0 Å². The van der Waals surface area contributed by atoms with Crippen molar-refractivity contribution in [2.45, 2.75) is 19.4 Å². The lowest BCUT2D eigenvalue weighted by atomic mass is 9.85. The fourth-order valence-corrected chi connectivity index (χ4v) is 4.97. The summed E-state index contributed by atoms with van der Waals surface area (Å²) in [5.74, 6) is -0.189. The summed E-state index contributed by atoms with van der Waals surface area (Å²) in [4.78, 5) is 31.6. The van der Waals surface area contributed by atoms with Crippen molar-refractivity contribution < 1.29 is 9.59 Å². The third-order valence-electron chi connectivity index (χ3n) is 6.68. The van der Waals surface area contributed by atoms with E-state index in [-0.39, 0.29) is 23.7 Å². The smallest absolute Gasteiger partial charge is 0.234 e. The van der Waals surface area contributed by atoms with Gasteiger partial charge in [0.05, 0.1) is 18.5 Å². The summed E-state index contributed by atoms with van der Waals surface area (Å²) in [6, 6.07) is 15.0. The molecule has 2 aromatic carbocycles. The van der Waals surface area contributed by atoms with Crippen molar-refractivity contribution in [1.82, 2.24) is 14.7 Å². The van der Waals surface area contributed by atoms with Gasteiger partial charge in [-0.15, -0.1) is 0 Å². The van der Waals surface area contributed by atoms with E-state index >= 15 is 0 Å². The number of amides is 2. The van der Waals surface area contributed by atoms with E-state index in [1.54, 1.807) is 0 Å². The van der Waals surface area contributed by atoms with Crippen molar-refractivity contribution in [1.29, 1.82) is 0 Å². The molecule has 2 amide bonds. The zero-order chi connectivity index (χ0) is 19.8. The van der Waals surface area contributed by atoms with Crippen LogP contribution in [0.5, 0.6) is 0 Å². The van der Waals surface area contributed by atoms with Gasteiger partial charge >= 0.3 is 0 Å². The first-order valence-electron chi connectivity index (χ1n) is 10.6. The lowest BCUT2D eigenvalue weighted by Gasteiger charge is -2.36. The van der Waals surface area contributed by atoms with Crippen LogP contribution in [0.3, 0.4) is 0 Å². The van der Waals surface area contributed by atoms with Crippen molar-refractivity contribution >= 4 is 22.6 Å². The first kappa shape index (κ1) is 18.5. The third-order valence-corrected chi connectivity index (χ3v) is 6.68. The molecule has 29 heavy (non-hydrogen) atoms. The highest BCUT2D eigenvalue weighted by molar-refractivity contribution is 6.05. The van der Waals surface area contributed by atoms with Gasteiger partial charge in [-0.2, -0.15) is 0 Å². The molecule has 0 aromatic heterocycles. The summed E-state index contributed by atoms with van der Waals surface area (Å²) in [6.45, 7) is 5.06. The van der Waals surface area contributed by atoms with Gasteiger partial charge in [0, 0.05) is 32.7 Å². The Morgan fingerprint density at radius 3 is 2.10 bits per heavy atom. The Morgan fingerprint density at radius 2 is 1.38 bits per heavy atom. The summed E-state index contributed by atoms with van der Waals surface area (Å²) < 4.78 is 0. The highest BCUT2D eigenvalue weighted by Crippen LogP contribution is 2.35. The number of imide groups is 1. The summed E-state index contributed by atoms with van der Waals surface area (Å²) in [7, 11) is 0. The molecule has 5 nitrogen and oxygen atoms in total. The Morgan fingerprint density at radius 1 is 0.759 bits per heavy atom. The second kappa shape index (κ2) is 7.73. The van der Waals surface area contributed by atoms with Crippen molar-refractivity contribution in [3.63, 3.8) is 0 Å². The molecular formula is C24H27N3O2. The summed E-state index contributed by atoms with van der Waals surface area (Å²) in [5.41, 5.74) is 1.36. The molecule has 0 radical (unpaired) electrons. The molecule has 2 fully saturated rings. The lowest BCUT2D eigenvalue weighted by molar-refractivity contribution is -0.142.